The van der Waals surface area contributed by atoms with E-state index < -0.39 is 0 Å². The number of hydrogen-bond acceptors (Lipinski definition) is 6. The average molecular weight is 448 g/mol. The summed E-state index contributed by atoms with van der Waals surface area (Å²) in [7, 11) is 0. The number of benzene rings is 2. The zero-order valence-electron chi connectivity index (χ0n) is 15.1. The van der Waals surface area contributed by atoms with Crippen molar-refractivity contribution in [3.8, 4) is 0 Å². The highest BCUT2D eigenvalue weighted by molar-refractivity contribution is 7.15. The molecular formula is C19H15Cl2N5O2S. The van der Waals surface area contributed by atoms with E-state index in [-0.39, 0.29) is 18.2 Å². The number of nitrogens with zero attached hydrogens (tertiary/aromatic N) is 3. The van der Waals surface area contributed by atoms with Gasteiger partial charge < -0.3 is 0 Å². The van der Waals surface area contributed by atoms with Crippen molar-refractivity contribution in [3.05, 3.63) is 74.2 Å². The van der Waals surface area contributed by atoms with Gasteiger partial charge in [-0.15, -0.1) is 10.2 Å². The lowest BCUT2D eigenvalue weighted by molar-refractivity contribution is -0.120. The molecule has 0 radical (unpaired) electrons. The standard InChI is InChI=1S/C19H15Cl2N5O2S/c1-11-2-4-12(5-3-11)18(28)23-19-26-25-17(29-19)9-16(27)24-22-10-13-6-7-14(20)8-15(13)21/h2-8,10H,9H2,1H3,(H,24,27)(H,23,26,28)/b22-10-. The molecule has 0 saturated carbocycles. The van der Waals surface area contributed by atoms with Gasteiger partial charge in [0.15, 0.2) is 0 Å². The second kappa shape index (κ2) is 9.60. The molecule has 7 nitrogen and oxygen atoms in total. The lowest BCUT2D eigenvalue weighted by atomic mass is 10.1. The summed E-state index contributed by atoms with van der Waals surface area (Å²) in [5.41, 5.74) is 4.59. The lowest BCUT2D eigenvalue weighted by Gasteiger charge is -2.01. The van der Waals surface area contributed by atoms with Crippen LogP contribution in [-0.4, -0.2) is 28.2 Å². The van der Waals surface area contributed by atoms with E-state index in [1.807, 2.05) is 19.1 Å². The van der Waals surface area contributed by atoms with E-state index in [1.54, 1.807) is 30.3 Å². The lowest BCUT2D eigenvalue weighted by Crippen LogP contribution is -2.19. The number of nitrogens with one attached hydrogen (secondary N) is 2. The minimum atomic E-state index is -0.376. The molecule has 0 fully saturated rings. The maximum Gasteiger partial charge on any atom is 0.257 e. The number of rotatable bonds is 6. The Morgan fingerprint density at radius 2 is 1.90 bits per heavy atom. The molecule has 0 spiro atoms. The summed E-state index contributed by atoms with van der Waals surface area (Å²) in [6, 6.07) is 12.1. The van der Waals surface area contributed by atoms with Gasteiger partial charge in [0.25, 0.3) is 5.91 Å². The summed E-state index contributed by atoms with van der Waals surface area (Å²) >= 11 is 13.0. The third-order valence-electron chi connectivity index (χ3n) is 3.67. The maximum absolute atomic E-state index is 12.2. The molecule has 3 aromatic rings. The molecule has 2 aromatic carbocycles. The summed E-state index contributed by atoms with van der Waals surface area (Å²) in [4.78, 5) is 24.2. The van der Waals surface area contributed by atoms with Gasteiger partial charge in [-0.1, -0.05) is 58.3 Å². The number of anilines is 1. The van der Waals surface area contributed by atoms with Gasteiger partial charge in [0.1, 0.15) is 5.01 Å². The maximum atomic E-state index is 12.2. The molecule has 29 heavy (non-hydrogen) atoms. The summed E-state index contributed by atoms with van der Waals surface area (Å²) < 4.78 is 0. The van der Waals surface area contributed by atoms with Crippen molar-refractivity contribution < 1.29 is 9.59 Å². The normalized spacial score (nSPS) is 10.9. The number of halogens is 2. The van der Waals surface area contributed by atoms with Crippen LogP contribution < -0.4 is 10.7 Å². The van der Waals surface area contributed by atoms with Gasteiger partial charge in [-0.05, 0) is 31.2 Å². The predicted octanol–water partition coefficient (Wildman–Crippen LogP) is 4.10. The van der Waals surface area contributed by atoms with E-state index in [0.717, 1.165) is 16.9 Å². The molecule has 0 unspecified atom stereocenters. The Morgan fingerprint density at radius 3 is 2.62 bits per heavy atom. The second-order valence-corrected chi connectivity index (χ2v) is 7.86. The highest BCUT2D eigenvalue weighted by atomic mass is 35.5. The fourth-order valence-electron chi connectivity index (χ4n) is 2.21. The number of aromatic nitrogens is 2. The molecule has 0 aliphatic carbocycles. The van der Waals surface area contributed by atoms with Crippen molar-refractivity contribution >= 4 is 57.7 Å². The number of hydrogen-bond donors (Lipinski definition) is 2. The Bertz CT molecular complexity index is 1070. The summed E-state index contributed by atoms with van der Waals surface area (Å²) in [6.45, 7) is 1.94. The van der Waals surface area contributed by atoms with E-state index in [4.69, 9.17) is 23.2 Å². The Kier molecular flexibility index (Phi) is 6.92. The Hall–Kier alpha value is -2.81. The molecule has 0 atom stereocenters. The quantitative estimate of drug-likeness (QED) is 0.439. The second-order valence-electron chi connectivity index (χ2n) is 5.96. The van der Waals surface area contributed by atoms with E-state index in [9.17, 15) is 9.59 Å². The number of amides is 2. The third kappa shape index (κ3) is 6.08. The number of carbonyl (C=O) groups excluding carboxylic acids is 2. The van der Waals surface area contributed by atoms with Gasteiger partial charge in [0.05, 0.1) is 17.7 Å². The summed E-state index contributed by atoms with van der Waals surface area (Å²) in [5.74, 6) is -0.666. The van der Waals surface area contributed by atoms with Crippen molar-refractivity contribution in [2.24, 2.45) is 5.10 Å². The molecular weight excluding hydrogens is 433 g/mol. The number of carbonyl (C=O) groups is 2. The predicted molar refractivity (Wildman–Crippen MR) is 115 cm³/mol. The summed E-state index contributed by atoms with van der Waals surface area (Å²) in [5, 5.41) is 16.0. The minimum Gasteiger partial charge on any atom is -0.296 e. The first kappa shape index (κ1) is 20.9. The van der Waals surface area contributed by atoms with Crippen LogP contribution in [0.5, 0.6) is 0 Å². The third-order valence-corrected chi connectivity index (χ3v) is 5.07. The van der Waals surface area contributed by atoms with Crippen molar-refractivity contribution in [3.63, 3.8) is 0 Å². The van der Waals surface area contributed by atoms with Crippen LogP contribution in [-0.2, 0) is 11.2 Å². The number of aryl methyl sites for hydroxylation is 1. The van der Waals surface area contributed by atoms with Crippen molar-refractivity contribution in [1.82, 2.24) is 15.6 Å². The van der Waals surface area contributed by atoms with Gasteiger partial charge in [-0.3, -0.25) is 14.9 Å². The smallest absolute Gasteiger partial charge is 0.257 e. The summed E-state index contributed by atoms with van der Waals surface area (Å²) in [6.07, 6.45) is 1.40. The van der Waals surface area contributed by atoms with Crippen LogP contribution in [0.2, 0.25) is 10.0 Å². The van der Waals surface area contributed by atoms with Crippen LogP contribution in [0, 0.1) is 6.92 Å². The molecule has 10 heteroatoms. The SMILES string of the molecule is Cc1ccc(C(=O)Nc2nnc(CC(=O)N/N=C\c3ccc(Cl)cc3Cl)s2)cc1. The molecule has 148 valence electrons. The van der Waals surface area contributed by atoms with E-state index in [2.05, 4.69) is 26.0 Å². The molecule has 0 aliphatic rings. The van der Waals surface area contributed by atoms with Gasteiger partial charge in [0.2, 0.25) is 11.0 Å². The van der Waals surface area contributed by atoms with Crippen LogP contribution in [0.1, 0.15) is 26.5 Å². The number of hydrazone groups is 1. The van der Waals surface area contributed by atoms with Crippen LogP contribution in [0.4, 0.5) is 5.13 Å². The molecule has 2 amide bonds. The largest absolute Gasteiger partial charge is 0.296 e. The Balaban J connectivity index is 1.52. The van der Waals surface area contributed by atoms with E-state index in [1.165, 1.54) is 6.21 Å². The van der Waals surface area contributed by atoms with Crippen molar-refractivity contribution in [2.45, 2.75) is 13.3 Å². The molecule has 3 rings (SSSR count). The molecule has 1 aromatic heterocycles. The zero-order chi connectivity index (χ0) is 20.8. The first-order valence-electron chi connectivity index (χ1n) is 8.38. The zero-order valence-corrected chi connectivity index (χ0v) is 17.5. The fourth-order valence-corrected chi connectivity index (χ4v) is 3.40. The molecule has 0 aliphatic heterocycles. The first-order chi connectivity index (χ1) is 13.9. The molecule has 0 bridgehead atoms. The average Bonchev–Trinajstić information content (AvgIpc) is 3.10. The highest BCUT2D eigenvalue weighted by Gasteiger charge is 2.12. The minimum absolute atomic E-state index is 0.0240. The fraction of sp³-hybridized carbons (Fsp3) is 0.105. The highest BCUT2D eigenvalue weighted by Crippen LogP contribution is 2.19. The molecule has 2 N–H and O–H groups in total. The Labute approximate surface area is 180 Å². The van der Waals surface area contributed by atoms with E-state index in [0.29, 0.717) is 31.3 Å². The first-order valence-corrected chi connectivity index (χ1v) is 9.95. The monoisotopic (exact) mass is 447 g/mol. The van der Waals surface area contributed by atoms with E-state index >= 15 is 0 Å². The Morgan fingerprint density at radius 1 is 1.14 bits per heavy atom. The van der Waals surface area contributed by atoms with Crippen LogP contribution in [0.25, 0.3) is 0 Å². The van der Waals surface area contributed by atoms with Gasteiger partial charge in [-0.25, -0.2) is 5.43 Å². The van der Waals surface area contributed by atoms with Crippen molar-refractivity contribution in [1.29, 1.82) is 0 Å². The van der Waals surface area contributed by atoms with Gasteiger partial charge in [-0.2, -0.15) is 5.10 Å². The topological polar surface area (TPSA) is 96.3 Å². The van der Waals surface area contributed by atoms with Crippen LogP contribution in [0.3, 0.4) is 0 Å². The van der Waals surface area contributed by atoms with Crippen LogP contribution in [0.15, 0.2) is 47.6 Å². The molecule has 1 heterocycles. The van der Waals surface area contributed by atoms with Gasteiger partial charge >= 0.3 is 0 Å². The van der Waals surface area contributed by atoms with Crippen molar-refractivity contribution in [2.75, 3.05) is 5.32 Å². The van der Waals surface area contributed by atoms with Gasteiger partial charge in [0, 0.05) is 16.1 Å². The van der Waals surface area contributed by atoms with Crippen LogP contribution >= 0.6 is 34.5 Å². The molecule has 0 saturated heterocycles.